The highest BCUT2D eigenvalue weighted by Crippen LogP contribution is 2.15. The molecule has 2 amide bonds. The van der Waals surface area contributed by atoms with E-state index in [2.05, 4.69) is 21.8 Å². The summed E-state index contributed by atoms with van der Waals surface area (Å²) in [7, 11) is 1.87. The number of hydrogen-bond acceptors (Lipinski definition) is 3. The van der Waals surface area contributed by atoms with Crippen molar-refractivity contribution in [3.63, 3.8) is 0 Å². The van der Waals surface area contributed by atoms with Gasteiger partial charge in [-0.25, -0.2) is 4.79 Å². The molecule has 22 heavy (non-hydrogen) atoms. The molecular weight excluding hydrogens is 278 g/mol. The molecule has 0 aliphatic carbocycles. The molecule has 0 bridgehead atoms. The maximum Gasteiger partial charge on any atom is 0.315 e. The van der Waals surface area contributed by atoms with Crippen LogP contribution in [0.2, 0.25) is 0 Å². The predicted molar refractivity (Wildman–Crippen MR) is 82.9 cm³/mol. The van der Waals surface area contributed by atoms with E-state index in [1.165, 1.54) is 0 Å². The Bertz CT molecular complexity index is 696. The highest BCUT2D eigenvalue weighted by molar-refractivity contribution is 5.74. The summed E-state index contributed by atoms with van der Waals surface area (Å²) in [6, 6.07) is 8.83. The molecule has 2 rings (SSSR count). The lowest BCUT2D eigenvalue weighted by atomic mass is 10.1. The van der Waals surface area contributed by atoms with Gasteiger partial charge < -0.3 is 10.6 Å². The van der Waals surface area contributed by atoms with E-state index in [9.17, 15) is 4.79 Å². The van der Waals surface area contributed by atoms with Crippen molar-refractivity contribution >= 4 is 6.03 Å². The molecule has 6 heteroatoms. The number of hydrogen-bond donors (Lipinski definition) is 2. The zero-order valence-corrected chi connectivity index (χ0v) is 12.9. The number of amides is 2. The highest BCUT2D eigenvalue weighted by atomic mass is 16.2. The van der Waals surface area contributed by atoms with Crippen molar-refractivity contribution in [2.75, 3.05) is 0 Å². The summed E-state index contributed by atoms with van der Waals surface area (Å²) in [5, 5.41) is 18.6. The molecule has 0 radical (unpaired) electrons. The van der Waals surface area contributed by atoms with Crippen LogP contribution in [0.1, 0.15) is 35.3 Å². The molecule has 0 saturated heterocycles. The van der Waals surface area contributed by atoms with Crippen molar-refractivity contribution in [1.29, 1.82) is 5.26 Å². The third kappa shape index (κ3) is 3.64. The number of carbonyl (C=O) groups is 1. The molecule has 0 unspecified atom stereocenters. The lowest BCUT2D eigenvalue weighted by Crippen LogP contribution is -2.36. The Kier molecular flexibility index (Phi) is 4.79. The molecule has 0 spiro atoms. The van der Waals surface area contributed by atoms with Crippen molar-refractivity contribution in [2.45, 2.75) is 26.4 Å². The average Bonchev–Trinajstić information content (AvgIpc) is 2.85. The molecule has 0 aliphatic rings. The van der Waals surface area contributed by atoms with Gasteiger partial charge in [-0.1, -0.05) is 12.1 Å². The highest BCUT2D eigenvalue weighted by Gasteiger charge is 2.14. The van der Waals surface area contributed by atoms with E-state index in [-0.39, 0.29) is 12.1 Å². The number of urea groups is 1. The molecular formula is C16H19N5O. The molecule has 2 aromatic rings. The van der Waals surface area contributed by atoms with Crippen LogP contribution in [0.25, 0.3) is 0 Å². The molecule has 114 valence electrons. The van der Waals surface area contributed by atoms with Crippen LogP contribution < -0.4 is 10.6 Å². The van der Waals surface area contributed by atoms with Crippen LogP contribution in [0.5, 0.6) is 0 Å². The van der Waals surface area contributed by atoms with Gasteiger partial charge in [0.05, 0.1) is 23.9 Å². The quantitative estimate of drug-likeness (QED) is 0.907. The molecule has 1 aromatic carbocycles. The monoisotopic (exact) mass is 297 g/mol. The van der Waals surface area contributed by atoms with E-state index >= 15 is 0 Å². The van der Waals surface area contributed by atoms with Crippen molar-refractivity contribution in [3.05, 3.63) is 52.8 Å². The van der Waals surface area contributed by atoms with E-state index in [1.807, 2.05) is 33.0 Å². The molecule has 1 atom stereocenters. The topological polar surface area (TPSA) is 82.7 Å². The number of rotatable bonds is 4. The molecule has 6 nitrogen and oxygen atoms in total. The summed E-state index contributed by atoms with van der Waals surface area (Å²) < 4.78 is 1.78. The normalized spacial score (nSPS) is 11.5. The van der Waals surface area contributed by atoms with Gasteiger partial charge in [-0.3, -0.25) is 4.68 Å². The standard InChI is InChI=1S/C16H19N5O/c1-11(15-10-19-21(3)12(15)2)20-16(22)18-9-14-6-4-13(8-17)5-7-14/h4-7,10-11H,9H2,1-3H3,(H2,18,20,22)/t11-/m0/s1. The molecule has 0 saturated carbocycles. The minimum absolute atomic E-state index is 0.116. The van der Waals surface area contributed by atoms with Crippen LogP contribution in [-0.4, -0.2) is 15.8 Å². The van der Waals surface area contributed by atoms with Crippen LogP contribution in [0.15, 0.2) is 30.5 Å². The zero-order chi connectivity index (χ0) is 16.1. The number of nitrogens with zero attached hydrogens (tertiary/aromatic N) is 3. The first-order valence-electron chi connectivity index (χ1n) is 7.03. The Balaban J connectivity index is 1.87. The van der Waals surface area contributed by atoms with Gasteiger partial charge in [0.2, 0.25) is 0 Å². The Morgan fingerprint density at radius 2 is 2.09 bits per heavy atom. The van der Waals surface area contributed by atoms with E-state index < -0.39 is 0 Å². The van der Waals surface area contributed by atoms with Crippen molar-refractivity contribution in [2.24, 2.45) is 7.05 Å². The van der Waals surface area contributed by atoms with Crippen LogP contribution in [-0.2, 0) is 13.6 Å². The van der Waals surface area contributed by atoms with E-state index in [0.29, 0.717) is 12.1 Å². The van der Waals surface area contributed by atoms with Gasteiger partial charge in [0, 0.05) is 24.8 Å². The number of carbonyl (C=O) groups excluding carboxylic acids is 1. The number of benzene rings is 1. The Morgan fingerprint density at radius 3 is 2.64 bits per heavy atom. The zero-order valence-electron chi connectivity index (χ0n) is 12.9. The van der Waals surface area contributed by atoms with Crippen molar-refractivity contribution < 1.29 is 4.79 Å². The van der Waals surface area contributed by atoms with E-state index in [4.69, 9.17) is 5.26 Å². The SMILES string of the molecule is Cc1c([C@H](C)NC(=O)NCc2ccc(C#N)cc2)cnn1C. The predicted octanol–water partition coefficient (Wildman–Crippen LogP) is 2.16. The second-order valence-corrected chi connectivity index (χ2v) is 5.17. The minimum atomic E-state index is -0.236. The number of nitrogens with one attached hydrogen (secondary N) is 2. The molecule has 0 fully saturated rings. The van der Waals surface area contributed by atoms with Crippen LogP contribution >= 0.6 is 0 Å². The van der Waals surface area contributed by atoms with Gasteiger partial charge in [-0.2, -0.15) is 10.4 Å². The van der Waals surface area contributed by atoms with Gasteiger partial charge in [-0.15, -0.1) is 0 Å². The minimum Gasteiger partial charge on any atom is -0.334 e. The largest absolute Gasteiger partial charge is 0.334 e. The number of aryl methyl sites for hydroxylation is 1. The molecule has 1 heterocycles. The summed E-state index contributed by atoms with van der Waals surface area (Å²) in [5.74, 6) is 0. The third-order valence-electron chi connectivity index (χ3n) is 3.62. The van der Waals surface area contributed by atoms with E-state index in [0.717, 1.165) is 16.8 Å². The third-order valence-corrected chi connectivity index (χ3v) is 3.62. The first kappa shape index (κ1) is 15.6. The van der Waals surface area contributed by atoms with Gasteiger partial charge in [0.15, 0.2) is 0 Å². The molecule has 2 N–H and O–H groups in total. The number of nitriles is 1. The number of aromatic nitrogens is 2. The van der Waals surface area contributed by atoms with Crippen molar-refractivity contribution in [3.8, 4) is 6.07 Å². The fraction of sp³-hybridized carbons (Fsp3) is 0.312. The summed E-state index contributed by atoms with van der Waals surface area (Å²) in [6.07, 6.45) is 1.76. The van der Waals surface area contributed by atoms with E-state index in [1.54, 1.807) is 23.0 Å². The van der Waals surface area contributed by atoms with Crippen LogP contribution in [0.3, 0.4) is 0 Å². The van der Waals surface area contributed by atoms with Gasteiger partial charge >= 0.3 is 6.03 Å². The maximum absolute atomic E-state index is 11.9. The smallest absolute Gasteiger partial charge is 0.315 e. The lowest BCUT2D eigenvalue weighted by Gasteiger charge is -2.14. The van der Waals surface area contributed by atoms with Crippen molar-refractivity contribution in [1.82, 2.24) is 20.4 Å². The molecule has 1 aromatic heterocycles. The second-order valence-electron chi connectivity index (χ2n) is 5.17. The summed E-state index contributed by atoms with van der Waals surface area (Å²) in [5.41, 5.74) is 3.57. The average molecular weight is 297 g/mol. The fourth-order valence-electron chi connectivity index (χ4n) is 2.15. The molecule has 0 aliphatic heterocycles. The second kappa shape index (κ2) is 6.76. The lowest BCUT2D eigenvalue weighted by molar-refractivity contribution is 0.237. The van der Waals surface area contributed by atoms with Gasteiger partial charge in [-0.05, 0) is 31.5 Å². The fourth-order valence-corrected chi connectivity index (χ4v) is 2.15. The summed E-state index contributed by atoms with van der Waals surface area (Å²) in [4.78, 5) is 11.9. The van der Waals surface area contributed by atoms with Gasteiger partial charge in [0.1, 0.15) is 0 Å². The van der Waals surface area contributed by atoms with Crippen LogP contribution in [0, 0.1) is 18.3 Å². The van der Waals surface area contributed by atoms with Gasteiger partial charge in [0.25, 0.3) is 0 Å². The summed E-state index contributed by atoms with van der Waals surface area (Å²) >= 11 is 0. The first-order valence-corrected chi connectivity index (χ1v) is 7.03. The van der Waals surface area contributed by atoms with Crippen LogP contribution in [0.4, 0.5) is 4.79 Å². The summed E-state index contributed by atoms with van der Waals surface area (Å²) in [6.45, 7) is 4.30. The maximum atomic E-state index is 11.9. The Morgan fingerprint density at radius 1 is 1.41 bits per heavy atom. The Labute approximate surface area is 129 Å². The Hall–Kier alpha value is -2.81. The first-order chi connectivity index (χ1) is 10.5.